The van der Waals surface area contributed by atoms with Gasteiger partial charge in [-0.25, -0.2) is 0 Å². The molecule has 0 aliphatic carbocycles. The number of nitrogens with one attached hydrogen (secondary N) is 1. The number of rotatable bonds is 5. The number of amides is 3. The van der Waals surface area contributed by atoms with Crippen LogP contribution in [-0.2, 0) is 14.4 Å². The van der Waals surface area contributed by atoms with E-state index in [0.29, 0.717) is 32.5 Å². The summed E-state index contributed by atoms with van der Waals surface area (Å²) in [6.45, 7) is 7.59. The Bertz CT molecular complexity index is 969. The van der Waals surface area contributed by atoms with Crippen molar-refractivity contribution in [3.05, 3.63) is 71.8 Å². The summed E-state index contributed by atoms with van der Waals surface area (Å²) in [6.07, 6.45) is 1.56. The predicted molar refractivity (Wildman–Crippen MR) is 132 cm³/mol. The number of hydrogen-bond donors (Lipinski definition) is 1. The van der Waals surface area contributed by atoms with Crippen LogP contribution < -0.4 is 5.32 Å². The molecule has 2 aliphatic heterocycles. The lowest BCUT2D eigenvalue weighted by Gasteiger charge is -2.35. The molecular weight excluding hydrogens is 426 g/mol. The van der Waals surface area contributed by atoms with Crippen molar-refractivity contribution in [2.45, 2.75) is 51.6 Å². The van der Waals surface area contributed by atoms with E-state index in [9.17, 15) is 14.4 Å². The van der Waals surface area contributed by atoms with E-state index in [4.69, 9.17) is 0 Å². The molecule has 1 atom stereocenters. The van der Waals surface area contributed by atoms with Crippen molar-refractivity contribution in [1.82, 2.24) is 15.1 Å². The summed E-state index contributed by atoms with van der Waals surface area (Å²) >= 11 is 0. The average Bonchev–Trinajstić information content (AvgIpc) is 3.25. The summed E-state index contributed by atoms with van der Waals surface area (Å²) in [6, 6.07) is 19.8. The van der Waals surface area contributed by atoms with Gasteiger partial charge in [0.2, 0.25) is 17.7 Å². The van der Waals surface area contributed by atoms with Crippen LogP contribution in [0.3, 0.4) is 0 Å². The molecule has 2 saturated heterocycles. The quantitative estimate of drug-likeness (QED) is 0.737. The van der Waals surface area contributed by atoms with Gasteiger partial charge in [-0.05, 0) is 44.7 Å². The van der Waals surface area contributed by atoms with E-state index in [0.717, 1.165) is 11.1 Å². The highest BCUT2D eigenvalue weighted by molar-refractivity contribution is 5.90. The molecule has 2 fully saturated rings. The molecule has 6 heteroatoms. The molecule has 3 amide bonds. The molecule has 1 N–H and O–H groups in total. The van der Waals surface area contributed by atoms with Crippen LogP contribution in [-0.4, -0.2) is 52.7 Å². The number of nitrogens with zero attached hydrogens (tertiary/aromatic N) is 2. The van der Waals surface area contributed by atoms with Crippen molar-refractivity contribution < 1.29 is 14.4 Å². The van der Waals surface area contributed by atoms with Crippen LogP contribution >= 0.6 is 0 Å². The van der Waals surface area contributed by atoms with Gasteiger partial charge in [-0.15, -0.1) is 0 Å². The van der Waals surface area contributed by atoms with Gasteiger partial charge in [-0.1, -0.05) is 60.7 Å². The minimum absolute atomic E-state index is 0.0276. The minimum Gasteiger partial charge on any atom is -0.345 e. The third-order valence-corrected chi connectivity index (χ3v) is 7.01. The summed E-state index contributed by atoms with van der Waals surface area (Å²) in [7, 11) is 0. The van der Waals surface area contributed by atoms with Crippen LogP contribution in [0.5, 0.6) is 0 Å². The number of hydrogen-bond acceptors (Lipinski definition) is 3. The summed E-state index contributed by atoms with van der Waals surface area (Å²) in [4.78, 5) is 42.4. The molecule has 0 saturated carbocycles. The zero-order valence-electron chi connectivity index (χ0n) is 20.4. The molecule has 2 aliphatic rings. The molecule has 0 aromatic heterocycles. The maximum absolute atomic E-state index is 13.2. The summed E-state index contributed by atoms with van der Waals surface area (Å²) in [5.41, 5.74) is 1.82. The van der Waals surface area contributed by atoms with Crippen LogP contribution in [0.2, 0.25) is 0 Å². The number of carbonyl (C=O) groups is 3. The molecular formula is C28H35N3O3. The lowest BCUT2D eigenvalue weighted by atomic mass is 9.92. The average molecular weight is 462 g/mol. The van der Waals surface area contributed by atoms with Crippen LogP contribution in [0.15, 0.2) is 60.7 Å². The standard InChI is InChI=1S/C28H35N3O3/c1-28(2,3)31-19-23(18-24(31)32)27(34)30-16-14-22(15-17-30)26(33)29-25(20-10-6-4-7-11-20)21-12-8-5-9-13-21/h4-13,22-23,25H,14-19H2,1-3H3,(H,29,33). The third-order valence-electron chi connectivity index (χ3n) is 7.01. The molecule has 180 valence electrons. The number of carbonyl (C=O) groups excluding carboxylic acids is 3. The van der Waals surface area contributed by atoms with Gasteiger partial charge >= 0.3 is 0 Å². The van der Waals surface area contributed by atoms with Crippen molar-refractivity contribution in [2.75, 3.05) is 19.6 Å². The van der Waals surface area contributed by atoms with E-state index in [1.54, 1.807) is 0 Å². The fourth-order valence-electron chi connectivity index (χ4n) is 5.05. The Kier molecular flexibility index (Phi) is 7.05. The van der Waals surface area contributed by atoms with Crippen LogP contribution in [0.1, 0.15) is 57.2 Å². The molecule has 2 heterocycles. The first-order valence-electron chi connectivity index (χ1n) is 12.2. The SMILES string of the molecule is CC(C)(C)N1CC(C(=O)N2CCC(C(=O)NC(c3ccccc3)c3ccccc3)CC2)CC1=O. The Morgan fingerprint density at radius 2 is 1.41 bits per heavy atom. The molecule has 0 spiro atoms. The highest BCUT2D eigenvalue weighted by Gasteiger charge is 2.41. The summed E-state index contributed by atoms with van der Waals surface area (Å²) in [5, 5.41) is 3.25. The van der Waals surface area contributed by atoms with E-state index in [1.807, 2.05) is 91.2 Å². The normalized spacial score (nSPS) is 19.5. The van der Waals surface area contributed by atoms with E-state index in [-0.39, 0.29) is 47.6 Å². The van der Waals surface area contributed by atoms with E-state index < -0.39 is 0 Å². The summed E-state index contributed by atoms with van der Waals surface area (Å²) in [5.74, 6) is -0.286. The topological polar surface area (TPSA) is 69.7 Å². The molecule has 2 aromatic rings. The van der Waals surface area contributed by atoms with Gasteiger partial charge in [-0.3, -0.25) is 14.4 Å². The Balaban J connectivity index is 1.36. The van der Waals surface area contributed by atoms with Crippen molar-refractivity contribution in [3.63, 3.8) is 0 Å². The molecule has 1 unspecified atom stereocenters. The van der Waals surface area contributed by atoms with Crippen LogP contribution in [0.4, 0.5) is 0 Å². The second-order valence-electron chi connectivity index (χ2n) is 10.4. The minimum atomic E-state index is -0.280. The molecule has 2 aromatic carbocycles. The molecule has 6 nitrogen and oxygen atoms in total. The highest BCUT2D eigenvalue weighted by Crippen LogP contribution is 2.29. The largest absolute Gasteiger partial charge is 0.345 e. The van der Waals surface area contributed by atoms with Crippen LogP contribution in [0, 0.1) is 11.8 Å². The lowest BCUT2D eigenvalue weighted by Crippen LogP contribution is -2.47. The van der Waals surface area contributed by atoms with E-state index in [2.05, 4.69) is 5.32 Å². The molecule has 4 rings (SSSR count). The second kappa shape index (κ2) is 10.00. The molecule has 0 radical (unpaired) electrons. The lowest BCUT2D eigenvalue weighted by molar-refractivity contribution is -0.139. The highest BCUT2D eigenvalue weighted by atomic mass is 16.2. The van der Waals surface area contributed by atoms with Crippen molar-refractivity contribution >= 4 is 17.7 Å². The first kappa shape index (κ1) is 24.0. The fraction of sp³-hybridized carbons (Fsp3) is 0.464. The van der Waals surface area contributed by atoms with Gasteiger partial charge in [0.15, 0.2) is 0 Å². The number of likely N-dealkylation sites (tertiary alicyclic amines) is 2. The van der Waals surface area contributed by atoms with Gasteiger partial charge in [0.1, 0.15) is 0 Å². The van der Waals surface area contributed by atoms with Gasteiger partial charge < -0.3 is 15.1 Å². The number of benzene rings is 2. The van der Waals surface area contributed by atoms with Gasteiger partial charge in [0.25, 0.3) is 0 Å². The van der Waals surface area contributed by atoms with Gasteiger partial charge in [0, 0.05) is 37.5 Å². The first-order chi connectivity index (χ1) is 16.2. The Morgan fingerprint density at radius 3 is 1.88 bits per heavy atom. The maximum Gasteiger partial charge on any atom is 0.227 e. The van der Waals surface area contributed by atoms with Crippen molar-refractivity contribution in [3.8, 4) is 0 Å². The van der Waals surface area contributed by atoms with Gasteiger partial charge in [-0.2, -0.15) is 0 Å². The Morgan fingerprint density at radius 1 is 0.882 bits per heavy atom. The molecule has 34 heavy (non-hydrogen) atoms. The van der Waals surface area contributed by atoms with Gasteiger partial charge in [0.05, 0.1) is 12.0 Å². The maximum atomic E-state index is 13.2. The van der Waals surface area contributed by atoms with Crippen molar-refractivity contribution in [2.24, 2.45) is 11.8 Å². The van der Waals surface area contributed by atoms with E-state index >= 15 is 0 Å². The smallest absolute Gasteiger partial charge is 0.227 e. The summed E-state index contributed by atoms with van der Waals surface area (Å²) < 4.78 is 0. The predicted octanol–water partition coefficient (Wildman–Crippen LogP) is 3.78. The Labute approximate surface area is 202 Å². The number of piperidine rings is 1. The third kappa shape index (κ3) is 5.32. The fourth-order valence-corrected chi connectivity index (χ4v) is 5.05. The zero-order valence-corrected chi connectivity index (χ0v) is 20.4. The van der Waals surface area contributed by atoms with Crippen molar-refractivity contribution in [1.29, 1.82) is 0 Å². The Hall–Kier alpha value is -3.15. The monoisotopic (exact) mass is 461 g/mol. The first-order valence-corrected chi connectivity index (χ1v) is 12.2. The van der Waals surface area contributed by atoms with E-state index in [1.165, 1.54) is 0 Å². The van der Waals surface area contributed by atoms with Crippen LogP contribution in [0.25, 0.3) is 0 Å². The second-order valence-corrected chi connectivity index (χ2v) is 10.4. The zero-order chi connectivity index (χ0) is 24.3. The molecule has 0 bridgehead atoms.